The number of nitrogens with zero attached hydrogens (tertiary/aromatic N) is 5. The number of hydrogen-bond acceptors (Lipinski definition) is 7. The lowest BCUT2D eigenvalue weighted by Gasteiger charge is -2.36. The Morgan fingerprint density at radius 3 is 2.59 bits per heavy atom. The van der Waals surface area contributed by atoms with Gasteiger partial charge in [-0.25, -0.2) is 9.07 Å². The van der Waals surface area contributed by atoms with Gasteiger partial charge in [0.25, 0.3) is 0 Å². The first kappa shape index (κ1) is 21.9. The maximum absolute atomic E-state index is 13.0. The maximum Gasteiger partial charge on any atom is 0.233 e. The van der Waals surface area contributed by atoms with Gasteiger partial charge in [-0.15, -0.1) is 10.2 Å². The van der Waals surface area contributed by atoms with Crippen LogP contribution in [-0.2, 0) is 11.4 Å². The zero-order valence-electron chi connectivity index (χ0n) is 17.8. The van der Waals surface area contributed by atoms with Crippen molar-refractivity contribution < 1.29 is 13.9 Å². The van der Waals surface area contributed by atoms with Crippen LogP contribution in [0.25, 0.3) is 0 Å². The van der Waals surface area contributed by atoms with Crippen molar-refractivity contribution in [2.75, 3.05) is 42.7 Å². The van der Waals surface area contributed by atoms with Gasteiger partial charge in [0.15, 0.2) is 5.82 Å². The smallest absolute Gasteiger partial charge is 0.233 e. The van der Waals surface area contributed by atoms with Crippen LogP contribution in [0.4, 0.5) is 10.1 Å². The zero-order valence-corrected chi connectivity index (χ0v) is 18.6. The lowest BCUT2D eigenvalue weighted by atomic mass is 10.2. The van der Waals surface area contributed by atoms with E-state index in [9.17, 15) is 9.18 Å². The molecule has 1 saturated heterocycles. The molecule has 2 heterocycles. The number of nitrogen functional groups attached to an aromatic ring is 1. The van der Waals surface area contributed by atoms with Gasteiger partial charge in [-0.3, -0.25) is 4.79 Å². The average Bonchev–Trinajstić information content (AvgIpc) is 3.16. The third-order valence-corrected chi connectivity index (χ3v) is 6.17. The fraction of sp³-hybridized carbons (Fsp3) is 0.318. The van der Waals surface area contributed by atoms with Gasteiger partial charge in [-0.05, 0) is 48.9 Å². The van der Waals surface area contributed by atoms with Crippen molar-refractivity contribution in [1.29, 1.82) is 0 Å². The molecule has 0 bridgehead atoms. The molecule has 0 aliphatic carbocycles. The molecule has 3 aromatic rings. The first-order valence-electron chi connectivity index (χ1n) is 10.3. The van der Waals surface area contributed by atoms with E-state index in [0.717, 1.165) is 13.1 Å². The van der Waals surface area contributed by atoms with Crippen LogP contribution < -0.4 is 15.5 Å². The summed E-state index contributed by atoms with van der Waals surface area (Å²) in [6.45, 7) is 5.13. The minimum Gasteiger partial charge on any atom is -0.486 e. The van der Waals surface area contributed by atoms with Crippen LogP contribution in [0.2, 0.25) is 0 Å². The normalized spacial score (nSPS) is 13.9. The van der Waals surface area contributed by atoms with Gasteiger partial charge in [0.1, 0.15) is 18.2 Å². The van der Waals surface area contributed by atoms with E-state index in [1.54, 1.807) is 0 Å². The number of nitrogens with two attached hydrogens (primary N) is 1. The van der Waals surface area contributed by atoms with Crippen molar-refractivity contribution >= 4 is 23.4 Å². The van der Waals surface area contributed by atoms with Crippen LogP contribution in [0.5, 0.6) is 5.75 Å². The number of benzene rings is 2. The Morgan fingerprint density at radius 1 is 1.12 bits per heavy atom. The number of thioether (sulfide) groups is 1. The van der Waals surface area contributed by atoms with Crippen molar-refractivity contribution in [3.8, 4) is 5.75 Å². The Labute approximate surface area is 190 Å². The lowest BCUT2D eigenvalue weighted by molar-refractivity contribution is -0.128. The quantitative estimate of drug-likeness (QED) is 0.431. The Kier molecular flexibility index (Phi) is 6.79. The SMILES string of the molecule is Cc1cccc(N2CCN(C(=O)CSc3nnc(COc4ccc(F)cc4)n3N)CC2)c1. The highest BCUT2D eigenvalue weighted by Gasteiger charge is 2.22. The molecule has 1 aliphatic rings. The summed E-state index contributed by atoms with van der Waals surface area (Å²) in [5.74, 6) is 6.91. The second kappa shape index (κ2) is 9.90. The molecule has 1 amide bonds. The van der Waals surface area contributed by atoms with Crippen LogP contribution in [0.15, 0.2) is 53.7 Å². The first-order valence-corrected chi connectivity index (χ1v) is 11.3. The highest BCUT2D eigenvalue weighted by molar-refractivity contribution is 7.99. The Balaban J connectivity index is 1.25. The molecule has 0 unspecified atom stereocenters. The lowest BCUT2D eigenvalue weighted by Crippen LogP contribution is -2.49. The topological polar surface area (TPSA) is 89.5 Å². The molecule has 32 heavy (non-hydrogen) atoms. The molecular weight excluding hydrogens is 431 g/mol. The van der Waals surface area contributed by atoms with Gasteiger partial charge in [0.2, 0.25) is 11.1 Å². The summed E-state index contributed by atoms with van der Waals surface area (Å²) in [6.07, 6.45) is 0. The summed E-state index contributed by atoms with van der Waals surface area (Å²) in [4.78, 5) is 16.8. The van der Waals surface area contributed by atoms with Gasteiger partial charge in [0, 0.05) is 31.9 Å². The number of ether oxygens (including phenoxy) is 1. The van der Waals surface area contributed by atoms with Crippen molar-refractivity contribution in [1.82, 2.24) is 19.8 Å². The molecule has 2 N–H and O–H groups in total. The van der Waals surface area contributed by atoms with Crippen LogP contribution in [0.3, 0.4) is 0 Å². The molecule has 168 valence electrons. The molecule has 1 fully saturated rings. The summed E-state index contributed by atoms with van der Waals surface area (Å²) in [5.41, 5.74) is 2.42. The number of rotatable bonds is 7. The Hall–Kier alpha value is -3.27. The molecule has 0 spiro atoms. The summed E-state index contributed by atoms with van der Waals surface area (Å²) < 4.78 is 19.8. The fourth-order valence-electron chi connectivity index (χ4n) is 3.44. The third kappa shape index (κ3) is 5.31. The molecule has 8 nitrogen and oxygen atoms in total. The van der Waals surface area contributed by atoms with Gasteiger partial charge in [0.05, 0.1) is 5.75 Å². The van der Waals surface area contributed by atoms with Crippen molar-refractivity contribution in [2.45, 2.75) is 18.7 Å². The molecule has 10 heteroatoms. The molecule has 0 atom stereocenters. The largest absolute Gasteiger partial charge is 0.486 e. The number of carbonyl (C=O) groups is 1. The minimum absolute atomic E-state index is 0.0472. The molecule has 2 aromatic carbocycles. The molecule has 1 aliphatic heterocycles. The first-order chi connectivity index (χ1) is 15.5. The number of piperazine rings is 1. The monoisotopic (exact) mass is 456 g/mol. The number of hydrogen-bond donors (Lipinski definition) is 1. The summed E-state index contributed by atoms with van der Waals surface area (Å²) >= 11 is 1.25. The van der Waals surface area contributed by atoms with E-state index in [1.807, 2.05) is 4.90 Å². The highest BCUT2D eigenvalue weighted by Crippen LogP contribution is 2.20. The van der Waals surface area contributed by atoms with Crippen LogP contribution in [-0.4, -0.2) is 57.6 Å². The average molecular weight is 457 g/mol. The maximum atomic E-state index is 13.0. The van der Waals surface area contributed by atoms with E-state index in [2.05, 4.69) is 46.3 Å². The predicted molar refractivity (Wildman–Crippen MR) is 122 cm³/mol. The second-order valence-electron chi connectivity index (χ2n) is 7.51. The van der Waals surface area contributed by atoms with E-state index in [0.29, 0.717) is 29.8 Å². The van der Waals surface area contributed by atoms with Gasteiger partial charge >= 0.3 is 0 Å². The van der Waals surface area contributed by atoms with Crippen LogP contribution in [0.1, 0.15) is 11.4 Å². The van der Waals surface area contributed by atoms with Crippen molar-refractivity contribution in [3.63, 3.8) is 0 Å². The molecule has 4 rings (SSSR count). The predicted octanol–water partition coefficient (Wildman–Crippen LogP) is 2.46. The van der Waals surface area contributed by atoms with E-state index >= 15 is 0 Å². The molecule has 0 radical (unpaired) electrons. The van der Waals surface area contributed by atoms with Gasteiger partial charge in [-0.1, -0.05) is 23.9 Å². The summed E-state index contributed by atoms with van der Waals surface area (Å²) in [6, 6.07) is 14.1. The molecular formula is C22H25FN6O2S. The third-order valence-electron chi connectivity index (χ3n) is 5.24. The van der Waals surface area contributed by atoms with E-state index in [4.69, 9.17) is 10.6 Å². The number of amides is 1. The van der Waals surface area contributed by atoms with Gasteiger partial charge < -0.3 is 20.4 Å². The number of anilines is 1. The van der Waals surface area contributed by atoms with Crippen LogP contribution in [0, 0.1) is 12.7 Å². The molecule has 1 aromatic heterocycles. The van der Waals surface area contributed by atoms with Crippen molar-refractivity contribution in [3.05, 3.63) is 65.7 Å². The fourth-order valence-corrected chi connectivity index (χ4v) is 4.22. The van der Waals surface area contributed by atoms with Crippen LogP contribution >= 0.6 is 11.8 Å². The van der Waals surface area contributed by atoms with E-state index < -0.39 is 0 Å². The zero-order chi connectivity index (χ0) is 22.5. The summed E-state index contributed by atoms with van der Waals surface area (Å²) in [7, 11) is 0. The Bertz CT molecular complexity index is 1070. The van der Waals surface area contributed by atoms with E-state index in [1.165, 1.54) is 52.0 Å². The number of aromatic nitrogens is 3. The number of aryl methyl sites for hydroxylation is 1. The van der Waals surface area contributed by atoms with E-state index in [-0.39, 0.29) is 24.1 Å². The second-order valence-corrected chi connectivity index (χ2v) is 8.45. The number of carbonyl (C=O) groups excluding carboxylic acids is 1. The van der Waals surface area contributed by atoms with Crippen molar-refractivity contribution in [2.24, 2.45) is 0 Å². The summed E-state index contributed by atoms with van der Waals surface area (Å²) in [5, 5.41) is 8.52. The highest BCUT2D eigenvalue weighted by atomic mass is 32.2. The molecule has 0 saturated carbocycles. The minimum atomic E-state index is -0.334. The standard InChI is InChI=1S/C22H25FN6O2S/c1-16-3-2-4-18(13-16)27-9-11-28(12-10-27)21(30)15-32-22-26-25-20(29(22)24)14-31-19-7-5-17(23)6-8-19/h2-8,13H,9-12,14-15,24H2,1H3. The van der Waals surface area contributed by atoms with Gasteiger partial charge in [-0.2, -0.15) is 0 Å². The number of halogens is 1. The Morgan fingerprint density at radius 2 is 1.88 bits per heavy atom.